The Morgan fingerprint density at radius 1 is 1.03 bits per heavy atom. The second-order valence-corrected chi connectivity index (χ2v) is 7.21. The smallest absolute Gasteiger partial charge is 0.151 e. The first-order chi connectivity index (χ1) is 14.3. The summed E-state index contributed by atoms with van der Waals surface area (Å²) in [4.78, 5) is 9.26. The van der Waals surface area contributed by atoms with Crippen molar-refractivity contribution in [1.82, 2.24) is 20.4 Å². The molecule has 2 aromatic heterocycles. The summed E-state index contributed by atoms with van der Waals surface area (Å²) >= 11 is 0. The number of nitrogens with one attached hydrogen (secondary N) is 1. The molecular weight excluding hydrogens is 369 g/mol. The van der Waals surface area contributed by atoms with Gasteiger partial charge in [0.25, 0.3) is 0 Å². The molecule has 1 saturated heterocycles. The van der Waals surface area contributed by atoms with Crippen LogP contribution in [0.5, 0.6) is 0 Å². The van der Waals surface area contributed by atoms with E-state index in [1.807, 2.05) is 18.3 Å². The number of hydrogen-bond donors (Lipinski definition) is 1. The topological polar surface area (TPSA) is 57.4 Å². The highest BCUT2D eigenvalue weighted by Crippen LogP contribution is 2.22. The van der Waals surface area contributed by atoms with Crippen LogP contribution in [-0.2, 0) is 6.54 Å². The Morgan fingerprint density at radius 3 is 2.66 bits per heavy atom. The minimum absolute atomic E-state index is 0.288. The summed E-state index contributed by atoms with van der Waals surface area (Å²) in [5.41, 5.74) is 0.998. The van der Waals surface area contributed by atoms with Gasteiger partial charge in [-0.25, -0.2) is 9.37 Å². The Balaban J connectivity index is 1.14. The fourth-order valence-corrected chi connectivity index (χ4v) is 3.57. The van der Waals surface area contributed by atoms with Crippen LogP contribution in [0.15, 0.2) is 59.3 Å². The number of pyridine rings is 1. The van der Waals surface area contributed by atoms with Gasteiger partial charge in [-0.1, -0.05) is 23.4 Å². The van der Waals surface area contributed by atoms with E-state index in [0.29, 0.717) is 23.6 Å². The van der Waals surface area contributed by atoms with E-state index in [9.17, 15) is 4.39 Å². The molecule has 3 aromatic rings. The summed E-state index contributed by atoms with van der Waals surface area (Å²) in [6, 6.07) is 14.4. The molecule has 1 aliphatic heterocycles. The molecular formula is C22H26FN5O. The molecule has 1 N–H and O–H groups in total. The van der Waals surface area contributed by atoms with E-state index in [2.05, 4.69) is 31.3 Å². The number of rotatable bonds is 8. The zero-order chi connectivity index (χ0) is 19.9. The average molecular weight is 395 g/mol. The van der Waals surface area contributed by atoms with Crippen molar-refractivity contribution in [2.45, 2.75) is 13.0 Å². The monoisotopic (exact) mass is 395 g/mol. The average Bonchev–Trinajstić information content (AvgIpc) is 3.23. The first-order valence-corrected chi connectivity index (χ1v) is 10.1. The van der Waals surface area contributed by atoms with E-state index in [-0.39, 0.29) is 5.82 Å². The van der Waals surface area contributed by atoms with Crippen molar-refractivity contribution in [2.24, 2.45) is 0 Å². The molecule has 0 bridgehead atoms. The Hall–Kier alpha value is -2.77. The molecule has 0 atom stereocenters. The van der Waals surface area contributed by atoms with E-state index >= 15 is 0 Å². The number of benzene rings is 1. The van der Waals surface area contributed by atoms with Gasteiger partial charge < -0.3 is 14.7 Å². The summed E-state index contributed by atoms with van der Waals surface area (Å²) in [6.45, 7) is 6.71. The van der Waals surface area contributed by atoms with Crippen LogP contribution in [0.1, 0.15) is 12.2 Å². The van der Waals surface area contributed by atoms with E-state index in [1.165, 1.54) is 6.07 Å². The molecule has 0 aliphatic carbocycles. The molecule has 152 valence electrons. The predicted molar refractivity (Wildman–Crippen MR) is 111 cm³/mol. The van der Waals surface area contributed by atoms with Crippen LogP contribution >= 0.6 is 0 Å². The fraction of sp³-hybridized carbons (Fsp3) is 0.364. The van der Waals surface area contributed by atoms with Crippen LogP contribution in [-0.4, -0.2) is 54.3 Å². The Bertz CT molecular complexity index is 893. The van der Waals surface area contributed by atoms with Crippen molar-refractivity contribution in [3.63, 3.8) is 0 Å². The van der Waals surface area contributed by atoms with E-state index in [0.717, 1.165) is 51.5 Å². The number of nitrogens with zero attached hydrogens (tertiary/aromatic N) is 4. The summed E-state index contributed by atoms with van der Waals surface area (Å²) in [5, 5.41) is 7.36. The first kappa shape index (κ1) is 19.5. The van der Waals surface area contributed by atoms with Crippen LogP contribution in [0.2, 0.25) is 0 Å². The SMILES string of the molecule is Fc1ccccc1-c1cc(CNCCCN2CCN(c3ccccn3)CC2)on1. The summed E-state index contributed by atoms with van der Waals surface area (Å²) in [6.07, 6.45) is 2.92. The van der Waals surface area contributed by atoms with Gasteiger partial charge in [0.2, 0.25) is 0 Å². The first-order valence-electron chi connectivity index (χ1n) is 10.1. The predicted octanol–water partition coefficient (Wildman–Crippen LogP) is 3.18. The van der Waals surface area contributed by atoms with Gasteiger partial charge in [0.05, 0.1) is 6.54 Å². The van der Waals surface area contributed by atoms with Crippen molar-refractivity contribution in [3.8, 4) is 11.3 Å². The lowest BCUT2D eigenvalue weighted by molar-refractivity contribution is 0.252. The van der Waals surface area contributed by atoms with Crippen LogP contribution in [0, 0.1) is 5.82 Å². The third-order valence-electron chi connectivity index (χ3n) is 5.18. The van der Waals surface area contributed by atoms with Gasteiger partial charge in [0.15, 0.2) is 5.76 Å². The fourth-order valence-electron chi connectivity index (χ4n) is 3.57. The van der Waals surface area contributed by atoms with Crippen molar-refractivity contribution >= 4 is 5.82 Å². The number of piperazine rings is 1. The quantitative estimate of drug-likeness (QED) is 0.591. The van der Waals surface area contributed by atoms with E-state index in [1.54, 1.807) is 24.3 Å². The molecule has 1 aliphatic rings. The van der Waals surface area contributed by atoms with Crippen LogP contribution in [0.3, 0.4) is 0 Å². The van der Waals surface area contributed by atoms with Crippen LogP contribution < -0.4 is 10.2 Å². The second-order valence-electron chi connectivity index (χ2n) is 7.21. The molecule has 6 nitrogen and oxygen atoms in total. The molecule has 3 heterocycles. The minimum atomic E-state index is -0.288. The number of aromatic nitrogens is 2. The maximum atomic E-state index is 13.8. The van der Waals surface area contributed by atoms with Crippen LogP contribution in [0.4, 0.5) is 10.2 Å². The normalized spacial score (nSPS) is 15.0. The molecule has 0 unspecified atom stereocenters. The van der Waals surface area contributed by atoms with Crippen molar-refractivity contribution < 1.29 is 8.91 Å². The molecule has 0 amide bonds. The lowest BCUT2D eigenvalue weighted by Crippen LogP contribution is -2.47. The van der Waals surface area contributed by atoms with Gasteiger partial charge in [-0.15, -0.1) is 0 Å². The number of hydrogen-bond acceptors (Lipinski definition) is 6. The molecule has 0 radical (unpaired) electrons. The standard InChI is InChI=1S/C22H26FN5O/c23-20-7-2-1-6-19(20)21-16-18(29-26-21)17-24-9-5-11-27-12-14-28(15-13-27)22-8-3-4-10-25-22/h1-4,6-8,10,16,24H,5,9,11-15,17H2. The second kappa shape index (κ2) is 9.62. The Morgan fingerprint density at radius 2 is 1.86 bits per heavy atom. The van der Waals surface area contributed by atoms with Crippen LogP contribution in [0.25, 0.3) is 11.3 Å². The van der Waals surface area contributed by atoms with Gasteiger partial charge in [0.1, 0.15) is 17.3 Å². The highest BCUT2D eigenvalue weighted by Gasteiger charge is 2.17. The summed E-state index contributed by atoms with van der Waals surface area (Å²) in [5.74, 6) is 1.49. The van der Waals surface area contributed by atoms with Gasteiger partial charge in [-0.2, -0.15) is 0 Å². The third-order valence-corrected chi connectivity index (χ3v) is 5.18. The molecule has 7 heteroatoms. The summed E-state index contributed by atoms with van der Waals surface area (Å²) in [7, 11) is 0. The van der Waals surface area contributed by atoms with Crippen molar-refractivity contribution in [3.05, 3.63) is 66.3 Å². The lowest BCUT2D eigenvalue weighted by Gasteiger charge is -2.35. The molecule has 1 fully saturated rings. The Labute approximate surface area is 170 Å². The van der Waals surface area contributed by atoms with Gasteiger partial charge in [-0.05, 0) is 43.8 Å². The molecule has 1 aromatic carbocycles. The van der Waals surface area contributed by atoms with Gasteiger partial charge in [-0.3, -0.25) is 4.90 Å². The maximum Gasteiger partial charge on any atom is 0.151 e. The van der Waals surface area contributed by atoms with E-state index < -0.39 is 0 Å². The number of anilines is 1. The van der Waals surface area contributed by atoms with Gasteiger partial charge in [0, 0.05) is 44.0 Å². The zero-order valence-electron chi connectivity index (χ0n) is 16.4. The minimum Gasteiger partial charge on any atom is -0.359 e. The van der Waals surface area contributed by atoms with Gasteiger partial charge >= 0.3 is 0 Å². The molecule has 4 rings (SSSR count). The highest BCUT2D eigenvalue weighted by molar-refractivity contribution is 5.59. The lowest BCUT2D eigenvalue weighted by atomic mass is 10.1. The maximum absolute atomic E-state index is 13.8. The number of halogens is 1. The zero-order valence-corrected chi connectivity index (χ0v) is 16.4. The highest BCUT2D eigenvalue weighted by atomic mass is 19.1. The summed E-state index contributed by atoms with van der Waals surface area (Å²) < 4.78 is 19.1. The molecule has 0 spiro atoms. The Kier molecular flexibility index (Phi) is 6.49. The van der Waals surface area contributed by atoms with Crippen molar-refractivity contribution in [1.29, 1.82) is 0 Å². The molecule has 29 heavy (non-hydrogen) atoms. The van der Waals surface area contributed by atoms with E-state index in [4.69, 9.17) is 4.52 Å². The third kappa shape index (κ3) is 5.19. The molecule has 0 saturated carbocycles. The largest absolute Gasteiger partial charge is 0.359 e. The van der Waals surface area contributed by atoms with Crippen molar-refractivity contribution in [2.75, 3.05) is 44.2 Å².